The van der Waals surface area contributed by atoms with Crippen molar-refractivity contribution < 1.29 is 9.53 Å². The maximum absolute atomic E-state index is 11.9. The number of carbonyl (C=O) groups is 1. The van der Waals surface area contributed by atoms with Crippen molar-refractivity contribution in [2.75, 3.05) is 17.7 Å². The molecule has 0 saturated heterocycles. The summed E-state index contributed by atoms with van der Waals surface area (Å²) in [5, 5.41) is 2.77. The second-order valence-electron chi connectivity index (χ2n) is 5.11. The van der Waals surface area contributed by atoms with Gasteiger partial charge in [-0.2, -0.15) is 0 Å². The molecule has 0 aliphatic carbocycles. The van der Waals surface area contributed by atoms with Gasteiger partial charge in [0.05, 0.1) is 0 Å². The van der Waals surface area contributed by atoms with E-state index in [4.69, 9.17) is 10.5 Å². The molecule has 0 bridgehead atoms. The first-order chi connectivity index (χ1) is 9.97. The highest BCUT2D eigenvalue weighted by molar-refractivity contribution is 5.92. The third-order valence-electron chi connectivity index (χ3n) is 3.42. The van der Waals surface area contributed by atoms with E-state index in [1.165, 1.54) is 0 Å². The molecular formula is C17H20N2O2. The Bertz CT molecular complexity index is 649. The molecule has 0 saturated carbocycles. The van der Waals surface area contributed by atoms with Gasteiger partial charge in [0.15, 0.2) is 6.61 Å². The van der Waals surface area contributed by atoms with Crippen LogP contribution in [0.3, 0.4) is 0 Å². The Morgan fingerprint density at radius 2 is 1.67 bits per heavy atom. The first-order valence-corrected chi connectivity index (χ1v) is 6.82. The van der Waals surface area contributed by atoms with Crippen LogP contribution >= 0.6 is 0 Å². The van der Waals surface area contributed by atoms with Crippen LogP contribution in [-0.4, -0.2) is 12.5 Å². The number of benzene rings is 2. The number of amides is 1. The summed E-state index contributed by atoms with van der Waals surface area (Å²) >= 11 is 0. The van der Waals surface area contributed by atoms with Crippen molar-refractivity contribution in [3.63, 3.8) is 0 Å². The maximum atomic E-state index is 11.9. The highest BCUT2D eigenvalue weighted by Gasteiger charge is 2.09. The number of rotatable bonds is 4. The fourth-order valence-corrected chi connectivity index (χ4v) is 2.05. The molecule has 3 N–H and O–H groups in total. The minimum atomic E-state index is -0.194. The lowest BCUT2D eigenvalue weighted by molar-refractivity contribution is -0.118. The molecule has 0 spiro atoms. The Labute approximate surface area is 124 Å². The average molecular weight is 284 g/mol. The Kier molecular flexibility index (Phi) is 4.48. The standard InChI is InChI=1S/C17H20N2O2/c1-11-4-5-12(2)17(13(11)3)21-10-16(20)19-15-8-6-14(18)7-9-15/h4-9H,10,18H2,1-3H3,(H,19,20). The molecule has 0 aliphatic rings. The molecule has 2 aromatic carbocycles. The zero-order valence-electron chi connectivity index (χ0n) is 12.6. The van der Waals surface area contributed by atoms with Crippen molar-refractivity contribution in [2.24, 2.45) is 0 Å². The Morgan fingerprint density at radius 1 is 1.05 bits per heavy atom. The maximum Gasteiger partial charge on any atom is 0.262 e. The minimum Gasteiger partial charge on any atom is -0.483 e. The summed E-state index contributed by atoms with van der Waals surface area (Å²) in [5.41, 5.74) is 10.2. The molecule has 1 amide bonds. The summed E-state index contributed by atoms with van der Waals surface area (Å²) in [4.78, 5) is 11.9. The van der Waals surface area contributed by atoms with Gasteiger partial charge in [0.2, 0.25) is 0 Å². The quantitative estimate of drug-likeness (QED) is 0.847. The molecule has 0 heterocycles. The minimum absolute atomic E-state index is 0.0183. The van der Waals surface area contributed by atoms with E-state index in [1.807, 2.05) is 32.9 Å². The lowest BCUT2D eigenvalue weighted by Crippen LogP contribution is -2.20. The van der Waals surface area contributed by atoms with E-state index in [1.54, 1.807) is 24.3 Å². The third kappa shape index (κ3) is 3.75. The number of ether oxygens (including phenoxy) is 1. The first-order valence-electron chi connectivity index (χ1n) is 6.82. The lowest BCUT2D eigenvalue weighted by atomic mass is 10.1. The number of hydrogen-bond donors (Lipinski definition) is 2. The van der Waals surface area contributed by atoms with E-state index >= 15 is 0 Å². The van der Waals surface area contributed by atoms with E-state index in [-0.39, 0.29) is 12.5 Å². The van der Waals surface area contributed by atoms with Crippen LogP contribution in [0.1, 0.15) is 16.7 Å². The van der Waals surface area contributed by atoms with Crippen LogP contribution in [0.15, 0.2) is 36.4 Å². The van der Waals surface area contributed by atoms with Crippen LogP contribution in [0.4, 0.5) is 11.4 Å². The smallest absolute Gasteiger partial charge is 0.262 e. The van der Waals surface area contributed by atoms with Crippen molar-refractivity contribution in [1.82, 2.24) is 0 Å². The SMILES string of the molecule is Cc1ccc(C)c(OCC(=O)Nc2ccc(N)cc2)c1C. The fourth-order valence-electron chi connectivity index (χ4n) is 2.05. The number of anilines is 2. The number of carbonyl (C=O) groups excluding carboxylic acids is 1. The molecule has 2 aromatic rings. The lowest BCUT2D eigenvalue weighted by Gasteiger charge is -2.14. The topological polar surface area (TPSA) is 64.3 Å². The predicted molar refractivity (Wildman–Crippen MR) is 85.6 cm³/mol. The summed E-state index contributed by atoms with van der Waals surface area (Å²) in [6, 6.07) is 11.0. The van der Waals surface area contributed by atoms with Crippen LogP contribution in [0, 0.1) is 20.8 Å². The molecule has 0 atom stereocenters. The van der Waals surface area contributed by atoms with Gasteiger partial charge in [-0.25, -0.2) is 0 Å². The zero-order valence-corrected chi connectivity index (χ0v) is 12.6. The zero-order chi connectivity index (χ0) is 15.4. The first kappa shape index (κ1) is 14.9. The largest absolute Gasteiger partial charge is 0.483 e. The van der Waals surface area contributed by atoms with Crippen LogP contribution in [0.2, 0.25) is 0 Å². The van der Waals surface area contributed by atoms with Crippen LogP contribution in [0.25, 0.3) is 0 Å². The molecular weight excluding hydrogens is 264 g/mol. The molecule has 2 rings (SSSR count). The van der Waals surface area contributed by atoms with E-state index in [0.717, 1.165) is 22.4 Å². The van der Waals surface area contributed by atoms with Gasteiger partial charge < -0.3 is 15.8 Å². The number of nitrogen functional groups attached to an aromatic ring is 1. The van der Waals surface area contributed by atoms with Crippen molar-refractivity contribution in [1.29, 1.82) is 0 Å². The number of nitrogens with one attached hydrogen (secondary N) is 1. The molecule has 4 heteroatoms. The molecule has 21 heavy (non-hydrogen) atoms. The van der Waals surface area contributed by atoms with Gasteiger partial charge in [0.25, 0.3) is 5.91 Å². The van der Waals surface area contributed by atoms with Crippen LogP contribution < -0.4 is 15.8 Å². The van der Waals surface area contributed by atoms with E-state index in [2.05, 4.69) is 5.32 Å². The van der Waals surface area contributed by atoms with Gasteiger partial charge >= 0.3 is 0 Å². The van der Waals surface area contributed by atoms with Gasteiger partial charge in [-0.15, -0.1) is 0 Å². The molecule has 0 radical (unpaired) electrons. The fraction of sp³-hybridized carbons (Fsp3) is 0.235. The normalized spacial score (nSPS) is 10.2. The summed E-state index contributed by atoms with van der Waals surface area (Å²) in [6.45, 7) is 5.97. The number of hydrogen-bond acceptors (Lipinski definition) is 3. The van der Waals surface area contributed by atoms with Crippen LogP contribution in [-0.2, 0) is 4.79 Å². The number of nitrogens with two attached hydrogens (primary N) is 1. The second-order valence-corrected chi connectivity index (χ2v) is 5.11. The molecule has 0 fully saturated rings. The summed E-state index contributed by atoms with van der Waals surface area (Å²) < 4.78 is 5.67. The average Bonchev–Trinajstić information content (AvgIpc) is 2.45. The Morgan fingerprint density at radius 3 is 2.33 bits per heavy atom. The van der Waals surface area contributed by atoms with Gasteiger partial charge in [-0.05, 0) is 61.7 Å². The van der Waals surface area contributed by atoms with E-state index in [9.17, 15) is 4.79 Å². The predicted octanol–water partition coefficient (Wildman–Crippen LogP) is 3.21. The van der Waals surface area contributed by atoms with Gasteiger partial charge in [-0.3, -0.25) is 4.79 Å². The van der Waals surface area contributed by atoms with E-state index in [0.29, 0.717) is 11.4 Å². The van der Waals surface area contributed by atoms with Gasteiger partial charge in [0.1, 0.15) is 5.75 Å². The van der Waals surface area contributed by atoms with E-state index < -0.39 is 0 Å². The molecule has 4 nitrogen and oxygen atoms in total. The van der Waals surface area contributed by atoms with Crippen molar-refractivity contribution in [3.8, 4) is 5.75 Å². The monoisotopic (exact) mass is 284 g/mol. The second kappa shape index (κ2) is 6.31. The Balaban J connectivity index is 1.98. The molecule has 0 aromatic heterocycles. The summed E-state index contributed by atoms with van der Waals surface area (Å²) in [7, 11) is 0. The van der Waals surface area contributed by atoms with Crippen molar-refractivity contribution in [2.45, 2.75) is 20.8 Å². The van der Waals surface area contributed by atoms with Gasteiger partial charge in [0, 0.05) is 11.4 Å². The summed E-state index contributed by atoms with van der Waals surface area (Å²) in [6.07, 6.45) is 0. The summed E-state index contributed by atoms with van der Waals surface area (Å²) in [5.74, 6) is 0.586. The molecule has 110 valence electrons. The van der Waals surface area contributed by atoms with Crippen LogP contribution in [0.5, 0.6) is 5.75 Å². The third-order valence-corrected chi connectivity index (χ3v) is 3.42. The van der Waals surface area contributed by atoms with Gasteiger partial charge in [-0.1, -0.05) is 12.1 Å². The highest BCUT2D eigenvalue weighted by atomic mass is 16.5. The number of aryl methyl sites for hydroxylation is 2. The molecule has 0 unspecified atom stereocenters. The Hall–Kier alpha value is -2.49. The molecule has 0 aliphatic heterocycles. The van der Waals surface area contributed by atoms with Crippen molar-refractivity contribution >= 4 is 17.3 Å². The van der Waals surface area contributed by atoms with Crippen molar-refractivity contribution in [3.05, 3.63) is 53.1 Å². The highest BCUT2D eigenvalue weighted by Crippen LogP contribution is 2.25.